The van der Waals surface area contributed by atoms with E-state index in [1.807, 2.05) is 0 Å². The van der Waals surface area contributed by atoms with Gasteiger partial charge in [-0.25, -0.2) is 10.4 Å². The highest BCUT2D eigenvalue weighted by atomic mass is 19.4. The fraction of sp³-hybridized carbons (Fsp3) is 0.278. The maximum Gasteiger partial charge on any atom is 0.416 e. The van der Waals surface area contributed by atoms with E-state index in [0.717, 1.165) is 6.07 Å². The van der Waals surface area contributed by atoms with E-state index in [1.165, 1.54) is 18.2 Å². The molecule has 2 atom stereocenters. The molecule has 0 aliphatic carbocycles. The zero-order chi connectivity index (χ0) is 37.0. The third-order valence-electron chi connectivity index (χ3n) is 8.36. The van der Waals surface area contributed by atoms with Gasteiger partial charge in [0.2, 0.25) is 5.90 Å². The Balaban J connectivity index is 1.61. The molecule has 3 N–H and O–H groups in total. The van der Waals surface area contributed by atoms with Gasteiger partial charge in [-0.2, -0.15) is 13.2 Å². The van der Waals surface area contributed by atoms with Crippen LogP contribution < -0.4 is 15.6 Å². The molecule has 0 aromatic heterocycles. The largest absolute Gasteiger partial charge is 0.494 e. The molecular weight excluding hydrogens is 679 g/mol. The number of hydrogen-bond donors (Lipinski definition) is 3. The van der Waals surface area contributed by atoms with Crippen molar-refractivity contribution in [3.63, 3.8) is 0 Å². The molecular formula is C36H34F3N9O4. The maximum atomic E-state index is 14.7. The van der Waals surface area contributed by atoms with E-state index in [4.69, 9.17) is 30.6 Å². The number of carbonyl (C=O) groups is 1. The second-order valence-corrected chi connectivity index (χ2v) is 11.7. The van der Waals surface area contributed by atoms with Crippen molar-refractivity contribution < 1.29 is 32.5 Å². The topological polar surface area (TPSA) is 190 Å². The van der Waals surface area contributed by atoms with Crippen LogP contribution >= 0.6 is 0 Å². The number of benzene rings is 4. The first-order valence-electron chi connectivity index (χ1n) is 16.2. The average molecular weight is 714 g/mol. The Kier molecular flexibility index (Phi) is 12.3. The molecule has 52 heavy (non-hydrogen) atoms. The Hall–Kier alpha value is -6.05. The van der Waals surface area contributed by atoms with Crippen LogP contribution in [0.1, 0.15) is 51.5 Å². The Bertz CT molecular complexity index is 2000. The van der Waals surface area contributed by atoms with Crippen molar-refractivity contribution in [1.29, 1.82) is 0 Å². The number of aliphatic hydroxyl groups is 1. The molecule has 0 fully saturated rings. The molecule has 0 saturated heterocycles. The van der Waals surface area contributed by atoms with Gasteiger partial charge in [0.05, 0.1) is 25.3 Å². The summed E-state index contributed by atoms with van der Waals surface area (Å²) in [5.74, 6) is -0.0971. The van der Waals surface area contributed by atoms with Crippen molar-refractivity contribution in [3.05, 3.63) is 157 Å². The highest BCUT2D eigenvalue weighted by Gasteiger charge is 2.54. The molecule has 268 valence electrons. The van der Waals surface area contributed by atoms with Gasteiger partial charge in [0.15, 0.2) is 11.6 Å². The van der Waals surface area contributed by atoms with Gasteiger partial charge in [-0.3, -0.25) is 10.2 Å². The molecule has 1 amide bonds. The summed E-state index contributed by atoms with van der Waals surface area (Å²) in [6, 6.07) is 25.8. The van der Waals surface area contributed by atoms with Crippen LogP contribution in [0.5, 0.6) is 5.75 Å². The summed E-state index contributed by atoms with van der Waals surface area (Å²) in [5.41, 5.74) is 23.5. The van der Waals surface area contributed by atoms with Gasteiger partial charge < -0.3 is 14.6 Å². The first-order valence-corrected chi connectivity index (χ1v) is 16.2. The summed E-state index contributed by atoms with van der Waals surface area (Å²) in [5, 5.41) is 16.5. The number of hydrogen-bond acceptors (Lipinski definition) is 8. The van der Waals surface area contributed by atoms with E-state index in [9.17, 15) is 18.0 Å². The summed E-state index contributed by atoms with van der Waals surface area (Å²) >= 11 is 0. The number of ether oxygens (including phenoxy) is 2. The Morgan fingerprint density at radius 3 is 2.17 bits per heavy atom. The standard InChI is InChI=1S/C36H34F3N9O4/c37-36(38,39)31-13-6-4-11-28(31)23-42-46-34(50)35(20-25-8-1-2-9-26(25)21-43-47-40)32(30-12-5-3-10-27(30)22-44-48-41)52-33(45-35)24-14-16-29(17-15-24)51-19-7-18-49/h1-6,8-17,32,42,49H,7,18-23H2,(H,46,50)/t32-,35-/m0/s1. The number of amides is 1. The summed E-state index contributed by atoms with van der Waals surface area (Å²) in [6.07, 6.45) is -5.39. The van der Waals surface area contributed by atoms with Crippen LogP contribution in [0, 0.1) is 0 Å². The minimum absolute atomic E-state index is 0.0227. The van der Waals surface area contributed by atoms with E-state index in [0.29, 0.717) is 46.6 Å². The number of halogens is 3. The molecule has 4 aromatic rings. The van der Waals surface area contributed by atoms with Gasteiger partial charge in [-0.1, -0.05) is 77.0 Å². The zero-order valence-corrected chi connectivity index (χ0v) is 27.7. The lowest BCUT2D eigenvalue weighted by atomic mass is 9.80. The summed E-state index contributed by atoms with van der Waals surface area (Å²) in [4.78, 5) is 25.4. The number of alkyl halides is 3. The fourth-order valence-electron chi connectivity index (χ4n) is 5.86. The average Bonchev–Trinajstić information content (AvgIpc) is 3.54. The van der Waals surface area contributed by atoms with Crippen LogP contribution in [0.4, 0.5) is 13.2 Å². The van der Waals surface area contributed by atoms with Crippen LogP contribution in [0.15, 0.2) is 112 Å². The lowest BCUT2D eigenvalue weighted by Gasteiger charge is -2.32. The van der Waals surface area contributed by atoms with Gasteiger partial charge in [0.25, 0.3) is 5.91 Å². The zero-order valence-electron chi connectivity index (χ0n) is 27.7. The number of rotatable bonds is 16. The molecule has 1 aliphatic heterocycles. The van der Waals surface area contributed by atoms with Crippen molar-refractivity contribution in [2.24, 2.45) is 15.2 Å². The van der Waals surface area contributed by atoms with E-state index < -0.39 is 29.3 Å². The Morgan fingerprint density at radius 2 is 1.50 bits per heavy atom. The van der Waals surface area contributed by atoms with Crippen LogP contribution in [0.2, 0.25) is 0 Å². The van der Waals surface area contributed by atoms with Gasteiger partial charge in [0.1, 0.15) is 5.75 Å². The second-order valence-electron chi connectivity index (χ2n) is 11.7. The third-order valence-corrected chi connectivity index (χ3v) is 8.36. The molecule has 1 aliphatic rings. The molecule has 13 nitrogen and oxygen atoms in total. The molecule has 0 saturated carbocycles. The number of hydrazine groups is 1. The van der Waals surface area contributed by atoms with Crippen molar-refractivity contribution in [2.45, 2.75) is 50.3 Å². The van der Waals surface area contributed by atoms with Crippen LogP contribution in [-0.2, 0) is 41.8 Å². The summed E-state index contributed by atoms with van der Waals surface area (Å²) < 4.78 is 53.5. The van der Waals surface area contributed by atoms with E-state index in [-0.39, 0.29) is 44.1 Å². The molecule has 16 heteroatoms. The first kappa shape index (κ1) is 37.2. The molecule has 1 heterocycles. The Morgan fingerprint density at radius 1 is 0.885 bits per heavy atom. The van der Waals surface area contributed by atoms with Gasteiger partial charge in [0, 0.05) is 41.4 Å². The lowest BCUT2D eigenvalue weighted by molar-refractivity contribution is -0.138. The summed E-state index contributed by atoms with van der Waals surface area (Å²) in [6.45, 7) is -0.177. The highest BCUT2D eigenvalue weighted by molar-refractivity contribution is 6.01. The molecule has 4 aromatic carbocycles. The first-order chi connectivity index (χ1) is 25.2. The van der Waals surface area contributed by atoms with Crippen molar-refractivity contribution in [2.75, 3.05) is 13.2 Å². The maximum absolute atomic E-state index is 14.7. The SMILES string of the molecule is [N-]=[N+]=NCc1ccccc1C[C@]1(C(=O)NNCc2ccccc2C(F)(F)F)N=C(c2ccc(OCCCO)cc2)O[C@H]1c1ccccc1CN=[N+]=[N-]. The van der Waals surface area contributed by atoms with E-state index in [1.54, 1.807) is 72.8 Å². The fourth-order valence-corrected chi connectivity index (χ4v) is 5.86. The molecule has 0 radical (unpaired) electrons. The van der Waals surface area contributed by atoms with E-state index >= 15 is 0 Å². The Labute approximate surface area is 296 Å². The van der Waals surface area contributed by atoms with Gasteiger partial charge >= 0.3 is 6.18 Å². The number of azide groups is 2. The van der Waals surface area contributed by atoms with Gasteiger partial charge in [-0.05, 0) is 69.2 Å². The lowest BCUT2D eigenvalue weighted by Crippen LogP contribution is -2.54. The van der Waals surface area contributed by atoms with Crippen molar-refractivity contribution >= 4 is 11.8 Å². The smallest absolute Gasteiger partial charge is 0.416 e. The molecule has 0 bridgehead atoms. The molecule has 0 spiro atoms. The van der Waals surface area contributed by atoms with Crippen molar-refractivity contribution in [1.82, 2.24) is 10.9 Å². The van der Waals surface area contributed by atoms with Crippen LogP contribution in [0.3, 0.4) is 0 Å². The van der Waals surface area contributed by atoms with E-state index in [2.05, 4.69) is 30.9 Å². The summed E-state index contributed by atoms with van der Waals surface area (Å²) in [7, 11) is 0. The predicted molar refractivity (Wildman–Crippen MR) is 185 cm³/mol. The normalized spacial score (nSPS) is 16.5. The van der Waals surface area contributed by atoms with Gasteiger partial charge in [-0.15, -0.1) is 0 Å². The quantitative estimate of drug-likeness (QED) is 0.0358. The second kappa shape index (κ2) is 17.2. The third kappa shape index (κ3) is 8.81. The number of aliphatic imine (C=N–C) groups is 1. The molecule has 0 unspecified atom stereocenters. The number of aliphatic hydroxyl groups excluding tert-OH is 1. The highest BCUT2D eigenvalue weighted by Crippen LogP contribution is 2.44. The predicted octanol–water partition coefficient (Wildman–Crippen LogP) is 7.41. The number of carbonyl (C=O) groups excluding carboxylic acids is 1. The van der Waals surface area contributed by atoms with Crippen LogP contribution in [-0.4, -0.2) is 35.7 Å². The van der Waals surface area contributed by atoms with Crippen molar-refractivity contribution in [3.8, 4) is 5.75 Å². The monoisotopic (exact) mass is 713 g/mol. The number of nitrogens with zero attached hydrogens (tertiary/aromatic N) is 7. The number of nitrogens with one attached hydrogen (secondary N) is 2. The minimum atomic E-state index is -4.61. The van der Waals surface area contributed by atoms with Crippen LogP contribution in [0.25, 0.3) is 20.9 Å². The minimum Gasteiger partial charge on any atom is -0.494 e. The molecule has 5 rings (SSSR count).